The zero-order valence-corrected chi connectivity index (χ0v) is 10.3. The Morgan fingerprint density at radius 3 is 2.47 bits per heavy atom. The maximum atomic E-state index is 13.4. The lowest BCUT2D eigenvalue weighted by Gasteiger charge is -2.11. The SMILES string of the molecule is Cc1cc(NCc2ccc(F)cc2F)c(N)cc1F. The van der Waals surface area contributed by atoms with Crippen LogP contribution in [-0.2, 0) is 6.54 Å². The molecule has 0 aliphatic heterocycles. The Labute approximate surface area is 109 Å². The summed E-state index contributed by atoms with van der Waals surface area (Å²) in [6, 6.07) is 6.10. The van der Waals surface area contributed by atoms with E-state index in [1.54, 1.807) is 13.0 Å². The number of hydrogen-bond acceptors (Lipinski definition) is 2. The molecule has 3 N–H and O–H groups in total. The fourth-order valence-corrected chi connectivity index (χ4v) is 1.71. The highest BCUT2D eigenvalue weighted by Gasteiger charge is 2.07. The third-order valence-corrected chi connectivity index (χ3v) is 2.82. The highest BCUT2D eigenvalue weighted by Crippen LogP contribution is 2.23. The summed E-state index contributed by atoms with van der Waals surface area (Å²) < 4.78 is 39.4. The zero-order chi connectivity index (χ0) is 14.0. The number of halogens is 3. The van der Waals surface area contributed by atoms with Crippen LogP contribution in [-0.4, -0.2) is 0 Å². The molecular weight excluding hydrogens is 253 g/mol. The van der Waals surface area contributed by atoms with E-state index in [1.807, 2.05) is 0 Å². The monoisotopic (exact) mass is 266 g/mol. The van der Waals surface area contributed by atoms with E-state index in [0.29, 0.717) is 16.8 Å². The molecule has 0 saturated carbocycles. The molecule has 0 aromatic heterocycles. The Hall–Kier alpha value is -2.17. The molecule has 0 bridgehead atoms. The van der Waals surface area contributed by atoms with Crippen LogP contribution < -0.4 is 11.1 Å². The average Bonchev–Trinajstić information content (AvgIpc) is 2.34. The standard InChI is InChI=1S/C14H13F3N2/c1-8-4-14(13(18)6-11(8)16)19-7-9-2-3-10(15)5-12(9)17/h2-6,19H,7,18H2,1H3. The van der Waals surface area contributed by atoms with Crippen LogP contribution in [0.1, 0.15) is 11.1 Å². The van der Waals surface area contributed by atoms with E-state index >= 15 is 0 Å². The molecule has 2 nitrogen and oxygen atoms in total. The molecule has 0 saturated heterocycles. The Bertz CT molecular complexity index is 612. The predicted octanol–water partition coefficient (Wildman–Crippen LogP) is 3.61. The van der Waals surface area contributed by atoms with Crippen molar-refractivity contribution in [2.45, 2.75) is 13.5 Å². The first-order valence-electron chi connectivity index (χ1n) is 5.71. The number of nitrogens with two attached hydrogens (primary N) is 1. The van der Waals surface area contributed by atoms with Crippen LogP contribution in [0.15, 0.2) is 30.3 Å². The number of nitrogens with one attached hydrogen (secondary N) is 1. The van der Waals surface area contributed by atoms with Gasteiger partial charge >= 0.3 is 0 Å². The molecule has 0 atom stereocenters. The molecule has 2 aromatic rings. The van der Waals surface area contributed by atoms with Gasteiger partial charge in [-0.3, -0.25) is 0 Å². The number of anilines is 2. The summed E-state index contributed by atoms with van der Waals surface area (Å²) >= 11 is 0. The van der Waals surface area contributed by atoms with Crippen LogP contribution in [0.2, 0.25) is 0 Å². The fraction of sp³-hybridized carbons (Fsp3) is 0.143. The number of aryl methyl sites for hydroxylation is 1. The van der Waals surface area contributed by atoms with Crippen molar-refractivity contribution in [3.63, 3.8) is 0 Å². The van der Waals surface area contributed by atoms with Crippen LogP contribution in [0.4, 0.5) is 24.5 Å². The first-order valence-corrected chi connectivity index (χ1v) is 5.71. The second-order valence-corrected chi connectivity index (χ2v) is 4.28. The van der Waals surface area contributed by atoms with E-state index < -0.39 is 17.5 Å². The van der Waals surface area contributed by atoms with Crippen molar-refractivity contribution in [2.75, 3.05) is 11.1 Å². The van der Waals surface area contributed by atoms with Crippen molar-refractivity contribution in [3.05, 3.63) is 58.9 Å². The van der Waals surface area contributed by atoms with Gasteiger partial charge < -0.3 is 11.1 Å². The van der Waals surface area contributed by atoms with Crippen LogP contribution in [0, 0.1) is 24.4 Å². The van der Waals surface area contributed by atoms with E-state index in [0.717, 1.165) is 6.07 Å². The van der Waals surface area contributed by atoms with Gasteiger partial charge in [0, 0.05) is 18.2 Å². The third-order valence-electron chi connectivity index (χ3n) is 2.82. The molecule has 0 amide bonds. The minimum Gasteiger partial charge on any atom is -0.397 e. The fourth-order valence-electron chi connectivity index (χ4n) is 1.71. The molecule has 0 unspecified atom stereocenters. The Morgan fingerprint density at radius 1 is 1.05 bits per heavy atom. The normalized spacial score (nSPS) is 10.5. The molecule has 5 heteroatoms. The van der Waals surface area contributed by atoms with Crippen LogP contribution in [0.3, 0.4) is 0 Å². The van der Waals surface area contributed by atoms with Crippen molar-refractivity contribution in [3.8, 4) is 0 Å². The van der Waals surface area contributed by atoms with Crippen molar-refractivity contribution >= 4 is 11.4 Å². The Morgan fingerprint density at radius 2 is 1.79 bits per heavy atom. The van der Waals surface area contributed by atoms with E-state index in [1.165, 1.54) is 18.2 Å². The molecule has 2 aromatic carbocycles. The molecule has 2 rings (SSSR count). The average molecular weight is 266 g/mol. The molecule has 0 aliphatic rings. The predicted molar refractivity (Wildman–Crippen MR) is 69.2 cm³/mol. The summed E-state index contributed by atoms with van der Waals surface area (Å²) in [5, 5.41) is 2.90. The quantitative estimate of drug-likeness (QED) is 0.833. The number of rotatable bonds is 3. The van der Waals surface area contributed by atoms with Crippen LogP contribution in [0.5, 0.6) is 0 Å². The summed E-state index contributed by atoms with van der Waals surface area (Å²) in [5.74, 6) is -1.65. The second-order valence-electron chi connectivity index (χ2n) is 4.28. The first kappa shape index (κ1) is 13.3. The Kier molecular flexibility index (Phi) is 3.64. The maximum Gasteiger partial charge on any atom is 0.131 e. The van der Waals surface area contributed by atoms with Gasteiger partial charge in [0.2, 0.25) is 0 Å². The highest BCUT2D eigenvalue weighted by atomic mass is 19.1. The van der Waals surface area contributed by atoms with Crippen molar-refractivity contribution < 1.29 is 13.2 Å². The van der Waals surface area contributed by atoms with Crippen molar-refractivity contribution in [1.82, 2.24) is 0 Å². The molecule has 0 spiro atoms. The van der Waals surface area contributed by atoms with Gasteiger partial charge in [-0.15, -0.1) is 0 Å². The smallest absolute Gasteiger partial charge is 0.131 e. The van der Waals surface area contributed by atoms with Gasteiger partial charge in [0.15, 0.2) is 0 Å². The third kappa shape index (κ3) is 2.99. The highest BCUT2D eigenvalue weighted by molar-refractivity contribution is 5.67. The summed E-state index contributed by atoms with van der Waals surface area (Å²) in [5.41, 5.74) is 7.17. The van der Waals surface area contributed by atoms with Gasteiger partial charge in [0.1, 0.15) is 17.5 Å². The van der Waals surface area contributed by atoms with Gasteiger partial charge in [-0.05, 0) is 30.7 Å². The number of hydrogen-bond donors (Lipinski definition) is 2. The van der Waals surface area contributed by atoms with Gasteiger partial charge in [0.05, 0.1) is 11.4 Å². The molecule has 100 valence electrons. The van der Waals surface area contributed by atoms with Crippen molar-refractivity contribution in [2.24, 2.45) is 0 Å². The topological polar surface area (TPSA) is 38.0 Å². The van der Waals surface area contributed by atoms with E-state index in [4.69, 9.17) is 5.73 Å². The maximum absolute atomic E-state index is 13.4. The summed E-state index contributed by atoms with van der Waals surface area (Å²) in [6.07, 6.45) is 0. The van der Waals surface area contributed by atoms with Crippen molar-refractivity contribution in [1.29, 1.82) is 0 Å². The van der Waals surface area contributed by atoms with Crippen LogP contribution in [0.25, 0.3) is 0 Å². The van der Waals surface area contributed by atoms with Crippen LogP contribution >= 0.6 is 0 Å². The van der Waals surface area contributed by atoms with Gasteiger partial charge in [0.25, 0.3) is 0 Å². The van der Waals surface area contributed by atoms with Gasteiger partial charge in [-0.1, -0.05) is 6.07 Å². The molecule has 0 aliphatic carbocycles. The lowest BCUT2D eigenvalue weighted by molar-refractivity contribution is 0.574. The number of benzene rings is 2. The lowest BCUT2D eigenvalue weighted by atomic mass is 10.1. The molecular formula is C14H13F3N2. The summed E-state index contributed by atoms with van der Waals surface area (Å²) in [4.78, 5) is 0. The summed E-state index contributed by atoms with van der Waals surface area (Å²) in [6.45, 7) is 1.75. The van der Waals surface area contributed by atoms with Gasteiger partial charge in [-0.2, -0.15) is 0 Å². The molecule has 0 heterocycles. The molecule has 0 fully saturated rings. The minimum absolute atomic E-state index is 0.140. The second kappa shape index (κ2) is 5.22. The minimum atomic E-state index is -0.634. The molecule has 19 heavy (non-hydrogen) atoms. The first-order chi connectivity index (χ1) is 8.97. The zero-order valence-electron chi connectivity index (χ0n) is 10.3. The Balaban J connectivity index is 2.16. The largest absolute Gasteiger partial charge is 0.397 e. The lowest BCUT2D eigenvalue weighted by Crippen LogP contribution is -2.05. The van der Waals surface area contributed by atoms with Gasteiger partial charge in [-0.25, -0.2) is 13.2 Å². The van der Waals surface area contributed by atoms with E-state index in [9.17, 15) is 13.2 Å². The summed E-state index contributed by atoms with van der Waals surface area (Å²) in [7, 11) is 0. The van der Waals surface area contributed by atoms with E-state index in [2.05, 4.69) is 5.32 Å². The van der Waals surface area contributed by atoms with E-state index in [-0.39, 0.29) is 12.2 Å². The molecule has 0 radical (unpaired) electrons. The number of nitrogen functional groups attached to an aromatic ring is 1.